The molecule has 1 saturated heterocycles. The van der Waals surface area contributed by atoms with Crippen molar-refractivity contribution in [3.63, 3.8) is 0 Å². The molecular formula is C13H10N3NaO3S2. The molecular weight excluding hydrogens is 333 g/mol. The molecule has 0 N–H and O–H groups in total. The van der Waals surface area contributed by atoms with E-state index in [4.69, 9.17) is 0 Å². The number of aryl methyl sites for hydroxylation is 1. The predicted octanol–water partition coefficient (Wildman–Crippen LogP) is -2.98. The molecule has 9 heteroatoms. The molecule has 4 heterocycles. The second-order valence-electron chi connectivity index (χ2n) is 4.88. The van der Waals surface area contributed by atoms with Crippen LogP contribution in [0.25, 0.3) is 6.08 Å². The van der Waals surface area contributed by atoms with Gasteiger partial charge in [-0.25, -0.2) is 4.98 Å². The fourth-order valence-electron chi connectivity index (χ4n) is 2.60. The Morgan fingerprint density at radius 2 is 2.32 bits per heavy atom. The number of nitrogens with zero attached hydrogens (tertiary/aromatic N) is 3. The van der Waals surface area contributed by atoms with E-state index in [-0.39, 0.29) is 46.5 Å². The van der Waals surface area contributed by atoms with Crippen LogP contribution >= 0.6 is 23.5 Å². The largest absolute Gasteiger partial charge is 1.00 e. The zero-order valence-corrected chi connectivity index (χ0v) is 15.4. The van der Waals surface area contributed by atoms with Crippen LogP contribution in [0.4, 0.5) is 0 Å². The van der Waals surface area contributed by atoms with Crippen molar-refractivity contribution in [3.8, 4) is 0 Å². The van der Waals surface area contributed by atoms with Gasteiger partial charge in [-0.05, 0) is 11.5 Å². The second-order valence-corrected chi connectivity index (χ2v) is 6.94. The van der Waals surface area contributed by atoms with Crippen LogP contribution < -0.4 is 34.7 Å². The number of hydrogen-bond acceptors (Lipinski definition) is 6. The second kappa shape index (κ2) is 6.09. The van der Waals surface area contributed by atoms with Crippen molar-refractivity contribution in [1.29, 1.82) is 0 Å². The number of carbonyl (C=O) groups excluding carboxylic acids is 2. The summed E-state index contributed by atoms with van der Waals surface area (Å²) in [4.78, 5) is 28.8. The Balaban J connectivity index is 0.00000144. The Bertz CT molecular complexity index is 705. The number of imidazole rings is 1. The third-order valence-electron chi connectivity index (χ3n) is 3.63. The number of rotatable bonds is 2. The molecule has 0 aromatic carbocycles. The van der Waals surface area contributed by atoms with Crippen molar-refractivity contribution in [2.24, 2.45) is 0 Å². The van der Waals surface area contributed by atoms with E-state index >= 15 is 0 Å². The van der Waals surface area contributed by atoms with E-state index in [0.717, 1.165) is 29.6 Å². The van der Waals surface area contributed by atoms with Crippen LogP contribution in [0.3, 0.4) is 0 Å². The maximum atomic E-state index is 12.1. The number of carboxylic acid groups (broad SMARTS) is 1. The summed E-state index contributed by atoms with van der Waals surface area (Å²) >= 11 is 3.15. The number of aliphatic carboxylic acids is 1. The Labute approximate surface area is 157 Å². The van der Waals surface area contributed by atoms with Gasteiger partial charge in [0.2, 0.25) is 0 Å². The molecule has 1 fully saturated rings. The predicted molar refractivity (Wildman–Crippen MR) is 77.7 cm³/mol. The number of β-lactam (4-membered cyclic amide) rings is 1. The maximum absolute atomic E-state index is 12.1. The van der Waals surface area contributed by atoms with E-state index in [1.165, 1.54) is 22.1 Å². The van der Waals surface area contributed by atoms with Crippen molar-refractivity contribution in [2.75, 3.05) is 5.75 Å². The average molecular weight is 343 g/mol. The molecule has 1 amide bonds. The SMILES string of the molecule is O=C([O-])C1=CS[C@@H]2/C(=C/c3cn4c(n3)CSCC4)C(=O)N12.[Na+]. The topological polar surface area (TPSA) is 78.3 Å². The van der Waals surface area contributed by atoms with Gasteiger partial charge in [-0.15, -0.1) is 11.8 Å². The molecule has 1 aromatic rings. The summed E-state index contributed by atoms with van der Waals surface area (Å²) in [7, 11) is 0. The van der Waals surface area contributed by atoms with Crippen LogP contribution in [0.5, 0.6) is 0 Å². The van der Waals surface area contributed by atoms with Crippen LogP contribution in [0, 0.1) is 0 Å². The van der Waals surface area contributed by atoms with Gasteiger partial charge in [0, 0.05) is 18.5 Å². The van der Waals surface area contributed by atoms with E-state index in [1.54, 1.807) is 6.08 Å². The van der Waals surface area contributed by atoms with Crippen LogP contribution in [0.1, 0.15) is 11.5 Å². The summed E-state index contributed by atoms with van der Waals surface area (Å²) in [5.74, 6) is 1.39. The third kappa shape index (κ3) is 2.46. The number of aromatic nitrogens is 2. The Morgan fingerprint density at radius 1 is 1.50 bits per heavy atom. The molecule has 6 nitrogen and oxygen atoms in total. The minimum atomic E-state index is -1.31. The van der Waals surface area contributed by atoms with Crippen molar-refractivity contribution in [3.05, 3.63) is 34.4 Å². The standard InChI is InChI=1S/C13H11N3O3S2.Na/c17-11-8(12-16(11)9(5-21-12)13(18)19)3-7-4-15-1-2-20-6-10(15)14-7;/h3-5,12H,1-2,6H2,(H,18,19);/q;+1/p-1/b8-3+;/t12-;/m1./s1. The quantitative estimate of drug-likeness (QED) is 0.324. The van der Waals surface area contributed by atoms with Crippen molar-refractivity contribution in [1.82, 2.24) is 14.5 Å². The molecule has 0 saturated carbocycles. The Morgan fingerprint density at radius 3 is 3.05 bits per heavy atom. The minimum Gasteiger partial charge on any atom is -0.543 e. The summed E-state index contributed by atoms with van der Waals surface area (Å²) in [6.07, 6.45) is 3.71. The molecule has 4 rings (SSSR count). The molecule has 22 heavy (non-hydrogen) atoms. The third-order valence-corrected chi connectivity index (χ3v) is 5.65. The normalized spacial score (nSPS) is 24.3. The monoisotopic (exact) mass is 343 g/mol. The van der Waals surface area contributed by atoms with E-state index < -0.39 is 5.97 Å². The van der Waals surface area contributed by atoms with Gasteiger partial charge in [-0.1, -0.05) is 0 Å². The zero-order valence-electron chi connectivity index (χ0n) is 11.8. The average Bonchev–Trinajstić information content (AvgIpc) is 3.05. The van der Waals surface area contributed by atoms with Gasteiger partial charge in [0.05, 0.1) is 28.7 Å². The summed E-state index contributed by atoms with van der Waals surface area (Å²) in [5.41, 5.74) is 1.31. The summed E-state index contributed by atoms with van der Waals surface area (Å²) in [5, 5.41) is 12.1. The molecule has 108 valence electrons. The van der Waals surface area contributed by atoms with Gasteiger partial charge in [-0.2, -0.15) is 11.8 Å². The first kappa shape index (κ1) is 16.2. The molecule has 0 bridgehead atoms. The minimum absolute atomic E-state index is 0. The van der Waals surface area contributed by atoms with Gasteiger partial charge >= 0.3 is 29.6 Å². The van der Waals surface area contributed by atoms with E-state index in [1.807, 2.05) is 18.0 Å². The van der Waals surface area contributed by atoms with Crippen LogP contribution in [0.2, 0.25) is 0 Å². The molecule has 0 radical (unpaired) electrons. The van der Waals surface area contributed by atoms with Gasteiger partial charge in [-0.3, -0.25) is 9.69 Å². The number of hydrogen-bond donors (Lipinski definition) is 0. The summed E-state index contributed by atoms with van der Waals surface area (Å²) in [6, 6.07) is 0. The molecule has 1 atom stereocenters. The molecule has 1 aromatic heterocycles. The van der Waals surface area contributed by atoms with E-state index in [2.05, 4.69) is 9.55 Å². The fraction of sp³-hybridized carbons (Fsp3) is 0.308. The Kier molecular flexibility index (Phi) is 4.48. The molecule has 0 unspecified atom stereocenters. The van der Waals surface area contributed by atoms with Gasteiger partial charge < -0.3 is 14.5 Å². The van der Waals surface area contributed by atoms with E-state index in [9.17, 15) is 14.7 Å². The Hall–Kier alpha value is -0.670. The summed E-state index contributed by atoms with van der Waals surface area (Å²) < 4.78 is 2.11. The fourth-order valence-corrected chi connectivity index (χ4v) is 4.60. The summed E-state index contributed by atoms with van der Waals surface area (Å²) in [6.45, 7) is 0.935. The van der Waals surface area contributed by atoms with Crippen molar-refractivity contribution < 1.29 is 44.3 Å². The van der Waals surface area contributed by atoms with Crippen LogP contribution in [-0.4, -0.2) is 37.5 Å². The van der Waals surface area contributed by atoms with Gasteiger partial charge in [0.25, 0.3) is 5.91 Å². The van der Waals surface area contributed by atoms with Crippen molar-refractivity contribution in [2.45, 2.75) is 17.7 Å². The van der Waals surface area contributed by atoms with Gasteiger partial charge in [0.15, 0.2) is 0 Å². The van der Waals surface area contributed by atoms with Gasteiger partial charge in [0.1, 0.15) is 11.2 Å². The number of carboxylic acids is 1. The molecule has 3 aliphatic rings. The molecule has 0 spiro atoms. The number of thioether (sulfide) groups is 2. The number of fused-ring (bicyclic) bond motifs is 2. The smallest absolute Gasteiger partial charge is 0.543 e. The maximum Gasteiger partial charge on any atom is 1.00 e. The number of amides is 1. The van der Waals surface area contributed by atoms with Crippen LogP contribution in [-0.2, 0) is 21.9 Å². The first-order chi connectivity index (χ1) is 10.1. The zero-order chi connectivity index (χ0) is 14.6. The first-order valence-electron chi connectivity index (χ1n) is 6.41. The van der Waals surface area contributed by atoms with Crippen molar-refractivity contribution >= 4 is 41.5 Å². The first-order valence-corrected chi connectivity index (χ1v) is 8.51. The molecule has 3 aliphatic heterocycles. The molecule has 0 aliphatic carbocycles. The van der Waals surface area contributed by atoms with E-state index in [0.29, 0.717) is 5.57 Å². The number of carbonyl (C=O) groups is 2. The van der Waals surface area contributed by atoms with Crippen LogP contribution in [0.15, 0.2) is 22.9 Å².